The minimum absolute atomic E-state index is 0.0911. The van der Waals surface area contributed by atoms with Crippen molar-refractivity contribution in [2.24, 2.45) is 11.7 Å². The molecular weight excluding hydrogens is 282 g/mol. The highest BCUT2D eigenvalue weighted by molar-refractivity contribution is 7.99. The Hall–Kier alpha value is -1.04. The van der Waals surface area contributed by atoms with Crippen LogP contribution in [0.4, 0.5) is 0 Å². The van der Waals surface area contributed by atoms with Crippen molar-refractivity contribution in [1.29, 1.82) is 0 Å². The van der Waals surface area contributed by atoms with Crippen molar-refractivity contribution in [2.75, 3.05) is 37.7 Å². The molecule has 1 saturated heterocycles. The van der Waals surface area contributed by atoms with Gasteiger partial charge in [0.25, 0.3) is 0 Å². The van der Waals surface area contributed by atoms with Gasteiger partial charge in [0.05, 0.1) is 0 Å². The van der Waals surface area contributed by atoms with E-state index in [-0.39, 0.29) is 11.9 Å². The molecule has 0 bridgehead atoms. The third-order valence-electron chi connectivity index (χ3n) is 3.80. The van der Waals surface area contributed by atoms with E-state index in [9.17, 15) is 4.79 Å². The Kier molecular flexibility index (Phi) is 6.54. The first-order chi connectivity index (χ1) is 10.2. The van der Waals surface area contributed by atoms with Gasteiger partial charge in [0.15, 0.2) is 0 Å². The molecule has 1 aromatic rings. The summed E-state index contributed by atoms with van der Waals surface area (Å²) in [5, 5.41) is 3.06. The normalized spacial score (nSPS) is 19.0. The van der Waals surface area contributed by atoms with Gasteiger partial charge in [0, 0.05) is 31.1 Å². The van der Waals surface area contributed by atoms with Gasteiger partial charge in [-0.3, -0.25) is 9.69 Å². The summed E-state index contributed by atoms with van der Waals surface area (Å²) in [5.74, 6) is 2.58. The van der Waals surface area contributed by atoms with Crippen LogP contribution in [0.2, 0.25) is 0 Å². The SMILES string of the molecule is CC(CN)CNC(=O)C(c1ccccc1)N1CCSCC1. The van der Waals surface area contributed by atoms with E-state index in [2.05, 4.69) is 17.1 Å². The van der Waals surface area contributed by atoms with Crippen LogP contribution in [-0.4, -0.2) is 48.5 Å². The Morgan fingerprint density at radius 2 is 2.00 bits per heavy atom. The van der Waals surface area contributed by atoms with Gasteiger partial charge >= 0.3 is 0 Å². The smallest absolute Gasteiger partial charge is 0.241 e. The average molecular weight is 307 g/mol. The number of carbonyl (C=O) groups is 1. The van der Waals surface area contributed by atoms with Crippen molar-refractivity contribution in [3.8, 4) is 0 Å². The quantitative estimate of drug-likeness (QED) is 0.836. The number of thioether (sulfide) groups is 1. The number of carbonyl (C=O) groups excluding carboxylic acids is 1. The van der Waals surface area contributed by atoms with Crippen LogP contribution in [0, 0.1) is 5.92 Å². The lowest BCUT2D eigenvalue weighted by Crippen LogP contribution is -2.45. The number of nitrogens with zero attached hydrogens (tertiary/aromatic N) is 1. The van der Waals surface area contributed by atoms with Gasteiger partial charge < -0.3 is 11.1 Å². The number of benzene rings is 1. The number of amides is 1. The molecule has 1 aliphatic rings. The second-order valence-electron chi connectivity index (χ2n) is 5.55. The molecule has 1 fully saturated rings. The average Bonchev–Trinajstić information content (AvgIpc) is 2.55. The fourth-order valence-electron chi connectivity index (χ4n) is 2.45. The molecule has 3 N–H and O–H groups in total. The highest BCUT2D eigenvalue weighted by Crippen LogP contribution is 2.24. The van der Waals surface area contributed by atoms with Crippen LogP contribution in [0.25, 0.3) is 0 Å². The van der Waals surface area contributed by atoms with E-state index in [4.69, 9.17) is 5.73 Å². The van der Waals surface area contributed by atoms with Gasteiger partial charge in [-0.05, 0) is 18.0 Å². The van der Waals surface area contributed by atoms with Crippen LogP contribution >= 0.6 is 11.8 Å². The summed E-state index contributed by atoms with van der Waals surface area (Å²) >= 11 is 1.95. The maximum absolute atomic E-state index is 12.7. The van der Waals surface area contributed by atoms with Crippen molar-refractivity contribution >= 4 is 17.7 Å². The first-order valence-corrected chi connectivity index (χ1v) is 8.72. The summed E-state index contributed by atoms with van der Waals surface area (Å²) in [6.07, 6.45) is 0. The fraction of sp³-hybridized carbons (Fsp3) is 0.562. The van der Waals surface area contributed by atoms with E-state index in [0.29, 0.717) is 19.0 Å². The zero-order valence-electron chi connectivity index (χ0n) is 12.6. The first kappa shape index (κ1) is 16.3. The van der Waals surface area contributed by atoms with E-state index >= 15 is 0 Å². The lowest BCUT2D eigenvalue weighted by molar-refractivity contribution is -0.126. The molecule has 21 heavy (non-hydrogen) atoms. The molecule has 1 aromatic carbocycles. The summed E-state index contributed by atoms with van der Waals surface area (Å²) in [7, 11) is 0. The number of hydrogen-bond donors (Lipinski definition) is 2. The summed E-state index contributed by atoms with van der Waals surface area (Å²) in [5.41, 5.74) is 6.70. The highest BCUT2D eigenvalue weighted by Gasteiger charge is 2.28. The number of nitrogens with two attached hydrogens (primary N) is 1. The number of hydrogen-bond acceptors (Lipinski definition) is 4. The van der Waals surface area contributed by atoms with Crippen LogP contribution in [0.15, 0.2) is 30.3 Å². The maximum atomic E-state index is 12.7. The van der Waals surface area contributed by atoms with Crippen LogP contribution < -0.4 is 11.1 Å². The van der Waals surface area contributed by atoms with E-state index in [1.807, 2.05) is 42.1 Å². The van der Waals surface area contributed by atoms with E-state index in [0.717, 1.165) is 30.2 Å². The third kappa shape index (κ3) is 4.73. The van der Waals surface area contributed by atoms with Crippen molar-refractivity contribution in [3.05, 3.63) is 35.9 Å². The van der Waals surface area contributed by atoms with E-state index < -0.39 is 0 Å². The van der Waals surface area contributed by atoms with Crippen molar-refractivity contribution in [3.63, 3.8) is 0 Å². The zero-order chi connectivity index (χ0) is 15.1. The van der Waals surface area contributed by atoms with Crippen LogP contribution in [0.3, 0.4) is 0 Å². The second-order valence-corrected chi connectivity index (χ2v) is 6.77. The van der Waals surface area contributed by atoms with Gasteiger partial charge in [-0.2, -0.15) is 11.8 Å². The lowest BCUT2D eigenvalue weighted by Gasteiger charge is -2.33. The van der Waals surface area contributed by atoms with Gasteiger partial charge in [0.2, 0.25) is 5.91 Å². The lowest BCUT2D eigenvalue weighted by atomic mass is 10.0. The molecule has 1 heterocycles. The van der Waals surface area contributed by atoms with Gasteiger partial charge in [0.1, 0.15) is 6.04 Å². The summed E-state index contributed by atoms with van der Waals surface area (Å²) in [4.78, 5) is 14.9. The molecular formula is C16H25N3OS. The zero-order valence-corrected chi connectivity index (χ0v) is 13.4. The monoisotopic (exact) mass is 307 g/mol. The summed E-state index contributed by atoms with van der Waals surface area (Å²) in [6.45, 7) is 5.21. The second kappa shape index (κ2) is 8.41. The minimum Gasteiger partial charge on any atom is -0.354 e. The van der Waals surface area contributed by atoms with Crippen molar-refractivity contribution in [1.82, 2.24) is 10.2 Å². The molecule has 1 aliphatic heterocycles. The molecule has 4 nitrogen and oxygen atoms in total. The van der Waals surface area contributed by atoms with E-state index in [1.54, 1.807) is 0 Å². The van der Waals surface area contributed by atoms with Crippen molar-refractivity contribution in [2.45, 2.75) is 13.0 Å². The molecule has 0 saturated carbocycles. The molecule has 2 atom stereocenters. The van der Waals surface area contributed by atoms with Crippen LogP contribution in [-0.2, 0) is 4.79 Å². The Balaban J connectivity index is 2.09. The maximum Gasteiger partial charge on any atom is 0.241 e. The Morgan fingerprint density at radius 3 is 2.62 bits per heavy atom. The van der Waals surface area contributed by atoms with Gasteiger partial charge in [-0.1, -0.05) is 37.3 Å². The molecule has 2 rings (SSSR count). The third-order valence-corrected chi connectivity index (χ3v) is 4.74. The molecule has 5 heteroatoms. The fourth-order valence-corrected chi connectivity index (χ4v) is 3.39. The predicted molar refractivity (Wildman–Crippen MR) is 89.3 cm³/mol. The molecule has 116 valence electrons. The topological polar surface area (TPSA) is 58.4 Å². The molecule has 0 aromatic heterocycles. The largest absolute Gasteiger partial charge is 0.354 e. The summed E-state index contributed by atoms with van der Waals surface area (Å²) < 4.78 is 0. The highest BCUT2D eigenvalue weighted by atomic mass is 32.2. The number of nitrogens with one attached hydrogen (secondary N) is 1. The minimum atomic E-state index is -0.183. The Bertz CT molecular complexity index is 434. The van der Waals surface area contributed by atoms with Crippen LogP contribution in [0.1, 0.15) is 18.5 Å². The number of rotatable bonds is 6. The Labute approximate surface area is 131 Å². The van der Waals surface area contributed by atoms with Gasteiger partial charge in [-0.15, -0.1) is 0 Å². The molecule has 0 radical (unpaired) electrons. The molecule has 2 unspecified atom stereocenters. The summed E-state index contributed by atoms with van der Waals surface area (Å²) in [6, 6.07) is 9.88. The molecule has 0 spiro atoms. The van der Waals surface area contributed by atoms with Crippen molar-refractivity contribution < 1.29 is 4.79 Å². The standard InChI is InChI=1S/C16H25N3OS/c1-13(11-17)12-18-16(20)15(14-5-3-2-4-6-14)19-7-9-21-10-8-19/h2-6,13,15H,7-12,17H2,1H3,(H,18,20). The molecule has 1 amide bonds. The molecule has 0 aliphatic carbocycles. The van der Waals surface area contributed by atoms with Gasteiger partial charge in [-0.25, -0.2) is 0 Å². The predicted octanol–water partition coefficient (Wildman–Crippen LogP) is 1.49. The van der Waals surface area contributed by atoms with Crippen LogP contribution in [0.5, 0.6) is 0 Å². The van der Waals surface area contributed by atoms with E-state index in [1.165, 1.54) is 0 Å². The Morgan fingerprint density at radius 1 is 1.33 bits per heavy atom. The first-order valence-electron chi connectivity index (χ1n) is 7.57.